The Labute approximate surface area is 669 Å². The SMILES string of the molecule is CCCCCCCCOc1ccc(C)cc1Cc1cc(C(=O)Nc2c(C)cccc2C)cc(-c2nc3cc(C(C)(C)C)[nH]n3n2)c1.CCCCCCCCOc1ccc(NC(=O)C(CCCCCC)Oc2ccc(CCCCC)cc2CCCCC)cc1C(C)c1nc2c(Cl)c(C)[nH]n2n1.Cc1[nH]n2c(C)nnc2c1Cl. The quantitative estimate of drug-likeness (QED) is 0.0227. The van der Waals surface area contributed by atoms with Gasteiger partial charge >= 0.3 is 0 Å². The van der Waals surface area contributed by atoms with Gasteiger partial charge in [0.05, 0.1) is 24.6 Å². The van der Waals surface area contributed by atoms with Crippen LogP contribution in [0.15, 0.2) is 97.1 Å². The minimum absolute atomic E-state index is 0.0515. The number of benzene rings is 5. The highest BCUT2D eigenvalue weighted by Crippen LogP contribution is 2.36. The molecule has 0 radical (unpaired) electrons. The normalized spacial score (nSPS) is 12.1. The number of aromatic nitrogens is 12. The van der Waals surface area contributed by atoms with Crippen molar-refractivity contribution in [3.63, 3.8) is 0 Å². The van der Waals surface area contributed by atoms with Crippen molar-refractivity contribution in [1.29, 1.82) is 0 Å². The fraction of sp³-hybridized carbons (Fsp3) is 0.511. The predicted octanol–water partition coefficient (Wildman–Crippen LogP) is 23.6. The van der Waals surface area contributed by atoms with Crippen LogP contribution in [0.4, 0.5) is 11.4 Å². The zero-order valence-electron chi connectivity index (χ0n) is 69.0. The smallest absolute Gasteiger partial charge is 0.265 e. The maximum absolute atomic E-state index is 14.2. The van der Waals surface area contributed by atoms with E-state index < -0.39 is 6.10 Å². The Kier molecular flexibility index (Phi) is 33.0. The Hall–Kier alpha value is -8.94. The molecule has 6 heterocycles. The second-order valence-corrected chi connectivity index (χ2v) is 32.0. The number of nitrogens with one attached hydrogen (secondary N) is 5. The highest BCUT2D eigenvalue weighted by molar-refractivity contribution is 6.34. The molecule has 0 saturated heterocycles. The molecule has 6 aromatic heterocycles. The van der Waals surface area contributed by atoms with Crippen molar-refractivity contribution >= 4 is 63.3 Å². The van der Waals surface area contributed by atoms with Crippen molar-refractivity contribution in [1.82, 2.24) is 59.4 Å². The number of aryl methyl sites for hydroxylation is 8. The van der Waals surface area contributed by atoms with Crippen molar-refractivity contribution < 1.29 is 23.8 Å². The summed E-state index contributed by atoms with van der Waals surface area (Å²) in [6, 6.07) is 32.9. The first-order valence-electron chi connectivity index (χ1n) is 41.2. The van der Waals surface area contributed by atoms with E-state index in [2.05, 4.69) is 148 Å². The number of carbonyl (C=O) groups is 2. The third-order valence-electron chi connectivity index (χ3n) is 20.6. The zero-order valence-corrected chi connectivity index (χ0v) is 70.5. The molecule has 0 aliphatic rings. The van der Waals surface area contributed by atoms with Crippen LogP contribution in [0.25, 0.3) is 28.3 Å². The Balaban J connectivity index is 0.000000225. The van der Waals surface area contributed by atoms with Gasteiger partial charge in [0.15, 0.2) is 34.7 Å². The van der Waals surface area contributed by atoms with E-state index in [1.54, 1.807) is 13.8 Å². The maximum atomic E-state index is 14.2. The number of aromatic amines is 3. The van der Waals surface area contributed by atoms with Gasteiger partial charge in [-0.2, -0.15) is 9.26 Å². The molecule has 2 amide bonds. The number of rotatable bonds is 40. The molecule has 0 aliphatic heterocycles. The number of H-pyrrole nitrogens is 3. The highest BCUT2D eigenvalue weighted by atomic mass is 35.5. The molecule has 0 saturated carbocycles. The first kappa shape index (κ1) is 86.1. The van der Waals surface area contributed by atoms with E-state index in [9.17, 15) is 9.59 Å². The third kappa shape index (κ3) is 24.5. The van der Waals surface area contributed by atoms with Crippen molar-refractivity contribution in [2.24, 2.45) is 0 Å². The molecule has 5 N–H and O–H groups in total. The highest BCUT2D eigenvalue weighted by Gasteiger charge is 2.27. The monoisotopic (exact) mass is 1550 g/mol. The number of unbranched alkanes of at least 4 members (excludes halogenated alkanes) is 17. The number of halogens is 2. The Bertz CT molecular complexity index is 4710. The molecule has 5 aromatic carbocycles. The van der Waals surface area contributed by atoms with Crippen LogP contribution >= 0.6 is 23.2 Å². The summed E-state index contributed by atoms with van der Waals surface area (Å²) < 4.78 is 24.5. The number of hydrogen-bond donors (Lipinski definition) is 5. The van der Waals surface area contributed by atoms with E-state index in [-0.39, 0.29) is 23.1 Å². The molecule has 2 atom stereocenters. The van der Waals surface area contributed by atoms with Crippen molar-refractivity contribution in [3.8, 4) is 28.6 Å². The summed E-state index contributed by atoms with van der Waals surface area (Å²) in [5, 5.41) is 34.4. The minimum Gasteiger partial charge on any atom is -0.493 e. The molecular formula is C90H124Cl2N14O5. The van der Waals surface area contributed by atoms with Gasteiger partial charge in [0.2, 0.25) is 0 Å². The number of anilines is 2. The molecule has 11 aromatic rings. The largest absolute Gasteiger partial charge is 0.493 e. The van der Waals surface area contributed by atoms with E-state index in [0.29, 0.717) is 70.3 Å². The fourth-order valence-corrected chi connectivity index (χ4v) is 14.2. The van der Waals surface area contributed by atoms with Crippen molar-refractivity contribution in [3.05, 3.63) is 186 Å². The molecule has 19 nitrogen and oxygen atoms in total. The topological polar surface area (TPSA) is 224 Å². The number of carbonyl (C=O) groups excluding carboxylic acids is 2. The van der Waals surface area contributed by atoms with Gasteiger partial charge in [-0.25, -0.2) is 14.5 Å². The Morgan fingerprint density at radius 1 is 0.550 bits per heavy atom. The van der Waals surface area contributed by atoms with Gasteiger partial charge in [-0.05, 0) is 175 Å². The van der Waals surface area contributed by atoms with Crippen LogP contribution in [0.5, 0.6) is 17.2 Å². The van der Waals surface area contributed by atoms with Crippen molar-refractivity contribution in [2.75, 3.05) is 23.8 Å². The van der Waals surface area contributed by atoms with Crippen molar-refractivity contribution in [2.45, 2.75) is 288 Å². The van der Waals surface area contributed by atoms with Crippen LogP contribution in [-0.4, -0.2) is 90.6 Å². The Morgan fingerprint density at radius 2 is 1.16 bits per heavy atom. The Morgan fingerprint density at radius 3 is 1.82 bits per heavy atom. The van der Waals surface area contributed by atoms with Gasteiger partial charge in [0.25, 0.3) is 11.8 Å². The molecule has 0 spiro atoms. The summed E-state index contributed by atoms with van der Waals surface area (Å²) in [5.41, 5.74) is 16.5. The van der Waals surface area contributed by atoms with Crippen LogP contribution in [0.1, 0.15) is 300 Å². The van der Waals surface area contributed by atoms with E-state index in [4.69, 9.17) is 57.6 Å². The lowest BCUT2D eigenvalue weighted by atomic mass is 9.93. The first-order valence-corrected chi connectivity index (χ1v) is 42.0. The van der Waals surface area contributed by atoms with E-state index in [0.717, 1.165) is 149 Å². The third-order valence-corrected chi connectivity index (χ3v) is 21.5. The van der Waals surface area contributed by atoms with Crippen LogP contribution in [0.3, 0.4) is 0 Å². The molecule has 0 aliphatic carbocycles. The lowest BCUT2D eigenvalue weighted by molar-refractivity contribution is -0.123. The summed E-state index contributed by atoms with van der Waals surface area (Å²) in [4.78, 5) is 37.6. The maximum Gasteiger partial charge on any atom is 0.265 e. The lowest BCUT2D eigenvalue weighted by Crippen LogP contribution is -2.33. The van der Waals surface area contributed by atoms with Crippen LogP contribution < -0.4 is 24.8 Å². The zero-order chi connectivity index (χ0) is 79.6. The second-order valence-electron chi connectivity index (χ2n) is 31.3. The summed E-state index contributed by atoms with van der Waals surface area (Å²) >= 11 is 12.4. The van der Waals surface area contributed by atoms with E-state index in [1.165, 1.54) is 107 Å². The average Bonchev–Trinajstić information content (AvgIpc) is 1.67. The summed E-state index contributed by atoms with van der Waals surface area (Å²) in [6.45, 7) is 32.8. The summed E-state index contributed by atoms with van der Waals surface area (Å²) in [7, 11) is 0. The average molecular weight is 1550 g/mol. The molecule has 2 unspecified atom stereocenters. The standard InChI is InChI=1S/C45H68ClN5O3.C39H49N5O2.C6H7ClN4/c1-7-11-15-17-18-22-30-53-40-29-27-37(32-38(40)33(5)43-48-44-42(46)34(6)49-51(44)50-43)47-45(52)41(25-21-16-12-8-2)54-39-28-26-35(23-19-13-9-3)31-36(39)24-20-14-10-4;1-8-9-10-11-12-13-19-46-33-18-17-26(2)20-30(33)21-29-22-31(37-40-35-25-34(39(5,6)7)42-44(35)43-37)24-32(23-29)38(45)41-36-27(3)15-14-16-28(36)4;1-3-5(7)6-9-8-4(2)11(6)10-3/h26-29,31-33,41,49H,7-25,30H2,1-6H3,(H,47,52);14-18,20,22-25,42H,8-13,19,21H2,1-7H3,(H,41,45);10H,1-2H3. The first-order chi connectivity index (χ1) is 53.5. The van der Waals surface area contributed by atoms with Crippen LogP contribution in [-0.2, 0) is 29.5 Å². The second kappa shape index (κ2) is 42.6. The lowest BCUT2D eigenvalue weighted by Gasteiger charge is -2.22. The molecule has 0 fully saturated rings. The predicted molar refractivity (Wildman–Crippen MR) is 455 cm³/mol. The molecule has 21 heteroatoms. The fourth-order valence-electron chi connectivity index (χ4n) is 13.9. The van der Waals surface area contributed by atoms with Gasteiger partial charge in [-0.15, -0.1) is 20.4 Å². The molecule has 0 bridgehead atoms. The number of amides is 2. The molecule has 111 heavy (non-hydrogen) atoms. The van der Waals surface area contributed by atoms with Crippen LogP contribution in [0.2, 0.25) is 10.0 Å². The van der Waals surface area contributed by atoms with Gasteiger partial charge in [-0.3, -0.25) is 24.9 Å². The summed E-state index contributed by atoms with van der Waals surface area (Å²) in [6.07, 6.45) is 28.6. The minimum atomic E-state index is -0.608. The van der Waals surface area contributed by atoms with E-state index >= 15 is 0 Å². The van der Waals surface area contributed by atoms with E-state index in [1.807, 2.05) is 89.2 Å². The number of fused-ring (bicyclic) bond motifs is 3. The summed E-state index contributed by atoms with van der Waals surface area (Å²) in [5.74, 6) is 4.01. The molecular weight excluding hydrogens is 1430 g/mol. The van der Waals surface area contributed by atoms with Crippen LogP contribution in [0, 0.1) is 41.5 Å². The van der Waals surface area contributed by atoms with Gasteiger partial charge in [0, 0.05) is 57.6 Å². The molecule has 598 valence electrons. The number of nitrogens with zero attached hydrogens (tertiary/aromatic N) is 9. The van der Waals surface area contributed by atoms with Gasteiger partial charge in [0.1, 0.15) is 33.1 Å². The van der Waals surface area contributed by atoms with Gasteiger partial charge in [-0.1, -0.05) is 243 Å². The number of para-hydroxylation sites is 1. The van der Waals surface area contributed by atoms with Gasteiger partial charge < -0.3 is 24.8 Å². The molecule has 11 rings (SSSR count). The number of hydrogen-bond acceptors (Lipinski definition) is 11. The number of ether oxygens (including phenoxy) is 3.